The van der Waals surface area contributed by atoms with Gasteiger partial charge in [-0.25, -0.2) is 0 Å². The quantitative estimate of drug-likeness (QED) is 0.801. The van der Waals surface area contributed by atoms with Gasteiger partial charge in [0.1, 0.15) is 5.82 Å². The summed E-state index contributed by atoms with van der Waals surface area (Å²) in [5.41, 5.74) is 1.62. The molecule has 0 amide bonds. The predicted octanol–water partition coefficient (Wildman–Crippen LogP) is 2.48. The molecular weight excluding hydrogens is 294 g/mol. The van der Waals surface area contributed by atoms with E-state index in [2.05, 4.69) is 20.6 Å². The van der Waals surface area contributed by atoms with E-state index in [0.717, 1.165) is 28.5 Å². The molecule has 0 atom stereocenters. The van der Waals surface area contributed by atoms with Crippen LogP contribution in [0.5, 0.6) is 11.5 Å². The summed E-state index contributed by atoms with van der Waals surface area (Å²) in [4.78, 5) is 0. The number of ether oxygens (including phenoxy) is 2. The van der Waals surface area contributed by atoms with Crippen LogP contribution in [0.2, 0.25) is 0 Å². The molecule has 0 unspecified atom stereocenters. The summed E-state index contributed by atoms with van der Waals surface area (Å²) in [5.74, 6) is 3.02. The van der Waals surface area contributed by atoms with Gasteiger partial charge in [0.25, 0.3) is 0 Å². The van der Waals surface area contributed by atoms with Gasteiger partial charge in [0.05, 0.1) is 0 Å². The number of aromatic nitrogens is 4. The first-order valence-electron chi connectivity index (χ1n) is 7.76. The predicted molar refractivity (Wildman–Crippen MR) is 83.6 cm³/mol. The van der Waals surface area contributed by atoms with Crippen molar-refractivity contribution in [2.75, 3.05) is 12.1 Å². The zero-order valence-corrected chi connectivity index (χ0v) is 12.4. The van der Waals surface area contributed by atoms with Gasteiger partial charge in [-0.1, -0.05) is 0 Å². The number of benzene rings is 1. The summed E-state index contributed by atoms with van der Waals surface area (Å²) in [6.45, 7) is 0.257. The molecule has 3 heterocycles. The molecule has 116 valence electrons. The number of hydrogen-bond donors (Lipinski definition) is 1. The highest BCUT2D eigenvalue weighted by molar-refractivity contribution is 5.64. The highest BCUT2D eigenvalue weighted by Gasteiger charge is 2.19. The van der Waals surface area contributed by atoms with Crippen molar-refractivity contribution in [1.29, 1.82) is 0 Å². The zero-order valence-electron chi connectivity index (χ0n) is 12.4. The van der Waals surface area contributed by atoms with Crippen LogP contribution in [0, 0.1) is 0 Å². The monoisotopic (exact) mass is 309 g/mol. The van der Waals surface area contributed by atoms with Gasteiger partial charge in [-0.05, 0) is 49.6 Å². The first-order valence-corrected chi connectivity index (χ1v) is 7.76. The number of rotatable bonds is 3. The van der Waals surface area contributed by atoms with Crippen LogP contribution < -0.4 is 14.8 Å². The molecular formula is C16H15N5O2. The molecule has 1 N–H and O–H groups in total. The number of nitrogens with one attached hydrogen (secondary N) is 1. The third-order valence-corrected chi connectivity index (χ3v) is 4.35. The van der Waals surface area contributed by atoms with Crippen LogP contribution in [-0.2, 0) is 0 Å². The Balaban J connectivity index is 1.56. The molecule has 7 nitrogen and oxygen atoms in total. The summed E-state index contributed by atoms with van der Waals surface area (Å²) in [6.07, 6.45) is 3.70. The second kappa shape index (κ2) is 4.84. The molecule has 0 saturated heterocycles. The van der Waals surface area contributed by atoms with Gasteiger partial charge in [-0.15, -0.1) is 15.3 Å². The number of fused-ring (bicyclic) bond motifs is 2. The lowest BCUT2D eigenvalue weighted by molar-refractivity contribution is 0.174. The van der Waals surface area contributed by atoms with E-state index in [4.69, 9.17) is 9.47 Å². The van der Waals surface area contributed by atoms with E-state index in [1.54, 1.807) is 4.52 Å². The molecule has 1 aromatic carbocycles. The Morgan fingerprint density at radius 3 is 2.83 bits per heavy atom. The second-order valence-corrected chi connectivity index (χ2v) is 5.85. The van der Waals surface area contributed by atoms with Crippen molar-refractivity contribution in [3.8, 4) is 22.9 Å². The van der Waals surface area contributed by atoms with Crippen LogP contribution in [0.4, 0.5) is 5.82 Å². The van der Waals surface area contributed by atoms with Gasteiger partial charge >= 0.3 is 0 Å². The molecule has 0 radical (unpaired) electrons. The average Bonchev–Trinajstić information content (AvgIpc) is 3.16. The van der Waals surface area contributed by atoms with Crippen molar-refractivity contribution in [1.82, 2.24) is 19.8 Å². The highest BCUT2D eigenvalue weighted by Crippen LogP contribution is 2.35. The van der Waals surface area contributed by atoms with Gasteiger partial charge in [-0.3, -0.25) is 0 Å². The minimum absolute atomic E-state index is 0.257. The molecule has 5 rings (SSSR count). The molecule has 2 aliphatic rings. The highest BCUT2D eigenvalue weighted by atomic mass is 16.7. The van der Waals surface area contributed by atoms with E-state index in [1.807, 2.05) is 30.3 Å². The summed E-state index contributed by atoms with van der Waals surface area (Å²) in [7, 11) is 0. The first kappa shape index (κ1) is 12.7. The second-order valence-electron chi connectivity index (χ2n) is 5.85. The van der Waals surface area contributed by atoms with Crippen LogP contribution in [0.1, 0.15) is 19.3 Å². The number of nitrogens with zero attached hydrogens (tertiary/aromatic N) is 4. The van der Waals surface area contributed by atoms with Crippen molar-refractivity contribution in [2.45, 2.75) is 25.3 Å². The lowest BCUT2D eigenvalue weighted by Gasteiger charge is -2.26. The molecule has 1 fully saturated rings. The topological polar surface area (TPSA) is 73.6 Å². The molecule has 2 aromatic heterocycles. The van der Waals surface area contributed by atoms with Crippen molar-refractivity contribution in [3.05, 3.63) is 30.3 Å². The lowest BCUT2D eigenvalue weighted by Crippen LogP contribution is -2.27. The Morgan fingerprint density at radius 2 is 1.96 bits per heavy atom. The first-order chi connectivity index (χ1) is 11.4. The van der Waals surface area contributed by atoms with Crippen LogP contribution in [0.3, 0.4) is 0 Å². The smallest absolute Gasteiger partial charge is 0.231 e. The minimum atomic E-state index is 0.257. The van der Waals surface area contributed by atoms with Crippen LogP contribution in [0.15, 0.2) is 30.3 Å². The Bertz CT molecular complexity index is 887. The molecule has 1 aliphatic heterocycles. The fourth-order valence-corrected chi connectivity index (χ4v) is 2.84. The molecule has 3 aromatic rings. The number of hydrogen-bond acceptors (Lipinski definition) is 6. The molecule has 1 saturated carbocycles. The minimum Gasteiger partial charge on any atom is -0.454 e. The maximum atomic E-state index is 5.44. The fourth-order valence-electron chi connectivity index (χ4n) is 2.84. The maximum absolute atomic E-state index is 5.44. The van der Waals surface area contributed by atoms with Crippen LogP contribution in [0.25, 0.3) is 17.0 Å². The average molecular weight is 309 g/mol. The summed E-state index contributed by atoms with van der Waals surface area (Å²) in [5, 5.41) is 16.5. The third-order valence-electron chi connectivity index (χ3n) is 4.35. The van der Waals surface area contributed by atoms with Gasteiger partial charge in [0, 0.05) is 11.6 Å². The normalized spacial score (nSPS) is 16.5. The Hall–Kier alpha value is -2.83. The van der Waals surface area contributed by atoms with Crippen LogP contribution >= 0.6 is 0 Å². The van der Waals surface area contributed by atoms with E-state index in [1.165, 1.54) is 19.3 Å². The van der Waals surface area contributed by atoms with Crippen molar-refractivity contribution in [2.24, 2.45) is 0 Å². The Morgan fingerprint density at radius 1 is 1.04 bits per heavy atom. The molecule has 1 aliphatic carbocycles. The summed E-state index contributed by atoms with van der Waals surface area (Å²) in [6, 6.07) is 10.1. The van der Waals surface area contributed by atoms with Gasteiger partial charge in [0.2, 0.25) is 6.79 Å². The van der Waals surface area contributed by atoms with Crippen LogP contribution in [-0.4, -0.2) is 32.6 Å². The molecule has 23 heavy (non-hydrogen) atoms. The SMILES string of the molecule is c1cc2c(cc1-c1nnc3ccc(NC4CCC4)nn13)OCO2. The van der Waals surface area contributed by atoms with Crippen molar-refractivity contribution < 1.29 is 9.47 Å². The van der Waals surface area contributed by atoms with Gasteiger partial charge in [0.15, 0.2) is 23.0 Å². The van der Waals surface area contributed by atoms with E-state index in [9.17, 15) is 0 Å². The largest absolute Gasteiger partial charge is 0.454 e. The molecule has 0 spiro atoms. The van der Waals surface area contributed by atoms with E-state index in [-0.39, 0.29) is 6.79 Å². The standard InChI is InChI=1S/C16H15N5O2/c1-2-11(3-1)17-14-6-7-15-18-19-16(21(15)20-14)10-4-5-12-13(8-10)23-9-22-12/h4-8,11H,1-3,9H2,(H,17,20). The summed E-state index contributed by atoms with van der Waals surface area (Å²) < 4.78 is 12.5. The third kappa shape index (κ3) is 2.08. The van der Waals surface area contributed by atoms with Crippen molar-refractivity contribution >= 4 is 11.5 Å². The van der Waals surface area contributed by atoms with E-state index in [0.29, 0.717) is 11.9 Å². The van der Waals surface area contributed by atoms with E-state index < -0.39 is 0 Å². The van der Waals surface area contributed by atoms with E-state index >= 15 is 0 Å². The zero-order chi connectivity index (χ0) is 15.2. The van der Waals surface area contributed by atoms with Gasteiger partial charge in [-0.2, -0.15) is 4.52 Å². The Labute approximate surface area is 132 Å². The van der Waals surface area contributed by atoms with Crippen molar-refractivity contribution in [3.63, 3.8) is 0 Å². The fraction of sp³-hybridized carbons (Fsp3) is 0.312. The molecule has 7 heteroatoms. The molecule has 0 bridgehead atoms. The van der Waals surface area contributed by atoms with Gasteiger partial charge < -0.3 is 14.8 Å². The summed E-state index contributed by atoms with van der Waals surface area (Å²) >= 11 is 0. The Kier molecular flexibility index (Phi) is 2.67. The lowest BCUT2D eigenvalue weighted by atomic mass is 9.93. The number of anilines is 1. The maximum Gasteiger partial charge on any atom is 0.231 e.